The van der Waals surface area contributed by atoms with Crippen molar-refractivity contribution >= 4 is 27.3 Å². The van der Waals surface area contributed by atoms with Crippen molar-refractivity contribution in [2.24, 2.45) is 5.92 Å². The van der Waals surface area contributed by atoms with Crippen molar-refractivity contribution < 1.29 is 0 Å². The minimum Gasteiger partial charge on any atom is -0.297 e. The lowest BCUT2D eigenvalue weighted by Gasteiger charge is -2.29. The highest BCUT2D eigenvalue weighted by atomic mass is 79.9. The Morgan fingerprint density at radius 2 is 2.22 bits per heavy atom. The van der Waals surface area contributed by atoms with Crippen molar-refractivity contribution in [3.8, 4) is 6.07 Å². The third-order valence-electron chi connectivity index (χ3n) is 3.74. The summed E-state index contributed by atoms with van der Waals surface area (Å²) in [5.74, 6) is 0.209. The molecule has 1 aromatic heterocycles. The van der Waals surface area contributed by atoms with E-state index in [1.165, 1.54) is 30.6 Å². The van der Waals surface area contributed by atoms with Crippen LogP contribution in [0.2, 0.25) is 0 Å². The second kappa shape index (κ2) is 6.70. The summed E-state index contributed by atoms with van der Waals surface area (Å²) < 4.78 is 1.16. The van der Waals surface area contributed by atoms with Crippen LogP contribution >= 0.6 is 27.3 Å². The maximum atomic E-state index is 9.32. The molecule has 2 rings (SSSR count). The van der Waals surface area contributed by atoms with Gasteiger partial charge in [0.2, 0.25) is 0 Å². The quantitative estimate of drug-likeness (QED) is 0.769. The van der Waals surface area contributed by atoms with E-state index in [-0.39, 0.29) is 5.92 Å². The van der Waals surface area contributed by atoms with Crippen molar-refractivity contribution in [2.45, 2.75) is 44.7 Å². The van der Waals surface area contributed by atoms with Crippen molar-refractivity contribution in [1.82, 2.24) is 4.90 Å². The van der Waals surface area contributed by atoms with Gasteiger partial charge in [-0.15, -0.1) is 11.3 Å². The van der Waals surface area contributed by atoms with Gasteiger partial charge in [-0.3, -0.25) is 4.90 Å². The third kappa shape index (κ3) is 3.57. The molecule has 0 bridgehead atoms. The summed E-state index contributed by atoms with van der Waals surface area (Å²) in [5.41, 5.74) is 0. The van der Waals surface area contributed by atoms with E-state index in [9.17, 15) is 5.26 Å². The average Bonchev–Trinajstić information content (AvgIpc) is 2.65. The highest BCUT2D eigenvalue weighted by molar-refractivity contribution is 9.10. The van der Waals surface area contributed by atoms with Crippen LogP contribution in [-0.4, -0.2) is 18.0 Å². The van der Waals surface area contributed by atoms with Gasteiger partial charge in [0.25, 0.3) is 0 Å². The number of nitrogens with zero attached hydrogens (tertiary/aromatic N) is 2. The van der Waals surface area contributed by atoms with Crippen molar-refractivity contribution in [1.29, 1.82) is 5.26 Å². The normalized spacial score (nSPS) is 24.8. The van der Waals surface area contributed by atoms with Crippen LogP contribution < -0.4 is 0 Å². The Bertz CT molecular complexity index is 424. The Morgan fingerprint density at radius 3 is 2.89 bits per heavy atom. The summed E-state index contributed by atoms with van der Waals surface area (Å²) in [6, 6.07) is 5.13. The number of hydrogen-bond donors (Lipinski definition) is 0. The number of rotatable bonds is 3. The minimum absolute atomic E-state index is 0.209. The van der Waals surface area contributed by atoms with Gasteiger partial charge >= 0.3 is 0 Å². The van der Waals surface area contributed by atoms with Crippen molar-refractivity contribution in [3.05, 3.63) is 20.8 Å². The Hall–Kier alpha value is -0.370. The zero-order chi connectivity index (χ0) is 13.0. The molecule has 4 heteroatoms. The molecule has 0 N–H and O–H groups in total. The van der Waals surface area contributed by atoms with E-state index >= 15 is 0 Å². The lowest BCUT2D eigenvalue weighted by molar-refractivity contribution is 0.184. The van der Waals surface area contributed by atoms with Crippen LogP contribution in [0.15, 0.2) is 15.9 Å². The largest absolute Gasteiger partial charge is 0.297 e. The first-order valence-electron chi connectivity index (χ1n) is 6.53. The van der Waals surface area contributed by atoms with Crippen molar-refractivity contribution in [3.63, 3.8) is 0 Å². The van der Waals surface area contributed by atoms with Crippen LogP contribution in [0, 0.1) is 17.2 Å². The standard InChI is InChI=1S/C14H19BrN2S/c1-17(9-13-7-12(15)10-18-13)14-6-4-2-3-5-11(14)8-16/h7,10-11,14H,2-6,9H2,1H3. The molecule has 2 nitrogen and oxygen atoms in total. The summed E-state index contributed by atoms with van der Waals surface area (Å²) >= 11 is 5.28. The number of halogens is 1. The molecule has 0 saturated heterocycles. The molecular weight excluding hydrogens is 308 g/mol. The molecular formula is C14H19BrN2S. The van der Waals surface area contributed by atoms with Crippen LogP contribution in [0.4, 0.5) is 0 Å². The lowest BCUT2D eigenvalue weighted by Crippen LogP contribution is -2.36. The SMILES string of the molecule is CN(Cc1cc(Br)cs1)C1CCCCCC1C#N. The monoisotopic (exact) mass is 326 g/mol. The van der Waals surface area contributed by atoms with Gasteiger partial charge in [-0.1, -0.05) is 19.3 Å². The molecule has 1 aromatic rings. The Labute approximate surface area is 122 Å². The van der Waals surface area contributed by atoms with Gasteiger partial charge in [-0.05, 0) is 41.9 Å². The Balaban J connectivity index is 2.01. The van der Waals surface area contributed by atoms with E-state index in [1.807, 2.05) is 0 Å². The first-order chi connectivity index (χ1) is 8.70. The van der Waals surface area contributed by atoms with Gasteiger partial charge in [0.15, 0.2) is 0 Å². The maximum absolute atomic E-state index is 9.32. The first kappa shape index (κ1) is 14.0. The van der Waals surface area contributed by atoms with Gasteiger partial charge in [0.05, 0.1) is 12.0 Å². The molecule has 1 aliphatic rings. The second-order valence-electron chi connectivity index (χ2n) is 5.09. The van der Waals surface area contributed by atoms with E-state index in [0.29, 0.717) is 6.04 Å². The zero-order valence-electron chi connectivity index (χ0n) is 10.7. The van der Waals surface area contributed by atoms with Crippen LogP contribution in [0.25, 0.3) is 0 Å². The number of nitriles is 1. The molecule has 18 heavy (non-hydrogen) atoms. The predicted molar refractivity (Wildman–Crippen MR) is 79.5 cm³/mol. The van der Waals surface area contributed by atoms with Gasteiger partial charge in [-0.25, -0.2) is 0 Å². The van der Waals surface area contributed by atoms with Crippen LogP contribution in [0.1, 0.15) is 37.0 Å². The molecule has 1 aliphatic carbocycles. The molecule has 98 valence electrons. The second-order valence-corrected chi connectivity index (χ2v) is 7.00. The molecule has 1 heterocycles. The summed E-state index contributed by atoms with van der Waals surface area (Å²) in [4.78, 5) is 3.74. The highest BCUT2D eigenvalue weighted by Gasteiger charge is 2.27. The topological polar surface area (TPSA) is 27.0 Å². The molecule has 1 saturated carbocycles. The molecule has 0 aromatic carbocycles. The van der Waals surface area contributed by atoms with Gasteiger partial charge in [-0.2, -0.15) is 5.26 Å². The van der Waals surface area contributed by atoms with E-state index < -0.39 is 0 Å². The fourth-order valence-electron chi connectivity index (χ4n) is 2.77. The molecule has 2 unspecified atom stereocenters. The van der Waals surface area contributed by atoms with Crippen LogP contribution in [-0.2, 0) is 6.54 Å². The Kier molecular flexibility index (Phi) is 5.23. The zero-order valence-corrected chi connectivity index (χ0v) is 13.1. The minimum atomic E-state index is 0.209. The highest BCUT2D eigenvalue weighted by Crippen LogP contribution is 2.28. The summed E-state index contributed by atoms with van der Waals surface area (Å²) in [6.45, 7) is 0.957. The van der Waals surface area contributed by atoms with E-state index in [1.54, 1.807) is 11.3 Å². The van der Waals surface area contributed by atoms with Gasteiger partial charge in [0.1, 0.15) is 0 Å². The molecule has 1 fully saturated rings. The Morgan fingerprint density at radius 1 is 1.44 bits per heavy atom. The summed E-state index contributed by atoms with van der Waals surface area (Å²) in [7, 11) is 2.16. The fraction of sp³-hybridized carbons (Fsp3) is 0.643. The fourth-order valence-corrected chi connectivity index (χ4v) is 4.28. The van der Waals surface area contributed by atoms with Crippen molar-refractivity contribution in [2.75, 3.05) is 7.05 Å². The van der Waals surface area contributed by atoms with E-state index in [0.717, 1.165) is 17.4 Å². The third-order valence-corrected chi connectivity index (χ3v) is 5.42. The molecule has 0 amide bonds. The molecule has 2 atom stereocenters. The number of hydrogen-bond acceptors (Lipinski definition) is 3. The molecule has 0 spiro atoms. The van der Waals surface area contributed by atoms with Crippen LogP contribution in [0.3, 0.4) is 0 Å². The number of thiophene rings is 1. The van der Waals surface area contributed by atoms with Crippen LogP contribution in [0.5, 0.6) is 0 Å². The van der Waals surface area contributed by atoms with E-state index in [4.69, 9.17) is 0 Å². The molecule has 0 radical (unpaired) electrons. The predicted octanol–water partition coefficient (Wildman–Crippen LogP) is 4.41. The summed E-state index contributed by atoms with van der Waals surface area (Å²) in [6.07, 6.45) is 6.00. The smallest absolute Gasteiger partial charge is 0.0672 e. The molecule has 0 aliphatic heterocycles. The maximum Gasteiger partial charge on any atom is 0.0672 e. The summed E-state index contributed by atoms with van der Waals surface area (Å²) in [5, 5.41) is 11.4. The van der Waals surface area contributed by atoms with Gasteiger partial charge < -0.3 is 0 Å². The average molecular weight is 327 g/mol. The lowest BCUT2D eigenvalue weighted by atomic mass is 9.95. The first-order valence-corrected chi connectivity index (χ1v) is 8.20. The van der Waals surface area contributed by atoms with Gasteiger partial charge in [0, 0.05) is 27.3 Å². The van der Waals surface area contributed by atoms with E-state index in [2.05, 4.69) is 45.4 Å².